The summed E-state index contributed by atoms with van der Waals surface area (Å²) in [5, 5.41) is 0. The van der Waals surface area contributed by atoms with Gasteiger partial charge >= 0.3 is 0 Å². The number of nitrogens with zero attached hydrogens (tertiary/aromatic N) is 2. The number of fused-ring (bicyclic) bond motifs is 1. The number of benzene rings is 2. The number of rotatable bonds is 4. The first kappa shape index (κ1) is 19.0. The maximum atomic E-state index is 13.8. The molecular formula is C26H32N2O. The summed E-state index contributed by atoms with van der Waals surface area (Å²) in [4.78, 5) is 18.9. The minimum atomic E-state index is -0.526. The molecule has 1 heterocycles. The summed E-state index contributed by atoms with van der Waals surface area (Å²) >= 11 is 0. The molecule has 1 atom stereocenters. The Bertz CT molecular complexity index is 850. The maximum Gasteiger partial charge on any atom is 0.188 e. The van der Waals surface area contributed by atoms with Gasteiger partial charge in [-0.1, -0.05) is 73.9 Å². The molecule has 0 N–H and O–H groups in total. The van der Waals surface area contributed by atoms with Gasteiger partial charge in [0, 0.05) is 44.7 Å². The monoisotopic (exact) mass is 388 g/mol. The SMILES string of the molecule is O=C1c2ccccc2CC1(c1ccccc1)N1CCN(CC2CCCCC2)CC1. The minimum absolute atomic E-state index is 0.292. The van der Waals surface area contributed by atoms with Crippen LogP contribution in [0.2, 0.25) is 0 Å². The normalized spacial score (nSPS) is 26.6. The van der Waals surface area contributed by atoms with Crippen LogP contribution in [0.15, 0.2) is 54.6 Å². The summed E-state index contributed by atoms with van der Waals surface area (Å²) < 4.78 is 0. The zero-order valence-corrected chi connectivity index (χ0v) is 17.4. The van der Waals surface area contributed by atoms with Gasteiger partial charge in [0.15, 0.2) is 5.78 Å². The van der Waals surface area contributed by atoms with Crippen molar-refractivity contribution in [2.45, 2.75) is 44.1 Å². The van der Waals surface area contributed by atoms with Gasteiger partial charge in [0.1, 0.15) is 5.54 Å². The topological polar surface area (TPSA) is 23.6 Å². The van der Waals surface area contributed by atoms with E-state index in [4.69, 9.17) is 0 Å². The third-order valence-corrected chi connectivity index (χ3v) is 7.49. The third-order valence-electron chi connectivity index (χ3n) is 7.49. The van der Waals surface area contributed by atoms with E-state index in [0.29, 0.717) is 5.78 Å². The van der Waals surface area contributed by atoms with E-state index in [1.807, 2.05) is 18.2 Å². The summed E-state index contributed by atoms with van der Waals surface area (Å²) in [6, 6.07) is 18.7. The lowest BCUT2D eigenvalue weighted by Crippen LogP contribution is -2.58. The van der Waals surface area contributed by atoms with Crippen LogP contribution < -0.4 is 0 Å². The Morgan fingerprint density at radius 1 is 0.828 bits per heavy atom. The molecule has 152 valence electrons. The minimum Gasteiger partial charge on any atom is -0.301 e. The molecule has 3 nitrogen and oxygen atoms in total. The van der Waals surface area contributed by atoms with Crippen LogP contribution in [0.4, 0.5) is 0 Å². The van der Waals surface area contributed by atoms with Gasteiger partial charge < -0.3 is 4.90 Å². The highest BCUT2D eigenvalue weighted by Gasteiger charge is 2.51. The van der Waals surface area contributed by atoms with E-state index < -0.39 is 5.54 Å². The highest BCUT2D eigenvalue weighted by Crippen LogP contribution is 2.43. The molecule has 1 unspecified atom stereocenters. The van der Waals surface area contributed by atoms with Crippen molar-refractivity contribution in [2.24, 2.45) is 5.92 Å². The molecule has 3 aliphatic rings. The van der Waals surface area contributed by atoms with E-state index in [1.165, 1.54) is 44.2 Å². The van der Waals surface area contributed by atoms with Crippen LogP contribution in [0, 0.1) is 5.92 Å². The molecule has 0 radical (unpaired) electrons. The van der Waals surface area contributed by atoms with Crippen LogP contribution in [0.25, 0.3) is 0 Å². The quantitative estimate of drug-likeness (QED) is 0.769. The predicted octanol–water partition coefficient (Wildman–Crippen LogP) is 4.52. The van der Waals surface area contributed by atoms with Crippen LogP contribution in [0.1, 0.15) is 53.6 Å². The molecule has 29 heavy (non-hydrogen) atoms. The molecule has 2 aliphatic carbocycles. The predicted molar refractivity (Wildman–Crippen MR) is 117 cm³/mol. The van der Waals surface area contributed by atoms with Gasteiger partial charge in [-0.25, -0.2) is 0 Å². The summed E-state index contributed by atoms with van der Waals surface area (Å²) in [6.45, 7) is 5.35. The summed E-state index contributed by atoms with van der Waals surface area (Å²) in [6.07, 6.45) is 7.86. The Morgan fingerprint density at radius 2 is 1.52 bits per heavy atom. The van der Waals surface area contributed by atoms with Gasteiger partial charge in [-0.05, 0) is 29.9 Å². The largest absolute Gasteiger partial charge is 0.301 e. The van der Waals surface area contributed by atoms with Crippen molar-refractivity contribution in [1.82, 2.24) is 9.80 Å². The molecule has 0 bridgehead atoms. The van der Waals surface area contributed by atoms with Crippen LogP contribution in [0.5, 0.6) is 0 Å². The average Bonchev–Trinajstić information content (AvgIpc) is 3.09. The summed E-state index contributed by atoms with van der Waals surface area (Å²) in [5.41, 5.74) is 2.75. The van der Waals surface area contributed by atoms with Crippen molar-refractivity contribution in [3.63, 3.8) is 0 Å². The van der Waals surface area contributed by atoms with Gasteiger partial charge in [0.05, 0.1) is 0 Å². The van der Waals surface area contributed by atoms with E-state index in [9.17, 15) is 4.79 Å². The van der Waals surface area contributed by atoms with Crippen molar-refractivity contribution in [3.8, 4) is 0 Å². The first-order valence-electron chi connectivity index (χ1n) is 11.4. The fourth-order valence-corrected chi connectivity index (χ4v) is 5.91. The molecule has 1 saturated heterocycles. The van der Waals surface area contributed by atoms with E-state index >= 15 is 0 Å². The number of Topliss-reactive ketones (excluding diaryl/α,β-unsaturated/α-hetero) is 1. The van der Waals surface area contributed by atoms with Crippen molar-refractivity contribution in [2.75, 3.05) is 32.7 Å². The zero-order chi connectivity index (χ0) is 19.7. The Morgan fingerprint density at radius 3 is 2.24 bits per heavy atom. The zero-order valence-electron chi connectivity index (χ0n) is 17.4. The maximum absolute atomic E-state index is 13.8. The lowest BCUT2D eigenvalue weighted by Gasteiger charge is -2.46. The summed E-state index contributed by atoms with van der Waals surface area (Å²) in [7, 11) is 0. The van der Waals surface area contributed by atoms with E-state index in [2.05, 4.69) is 46.2 Å². The van der Waals surface area contributed by atoms with Crippen LogP contribution >= 0.6 is 0 Å². The standard InChI is InChI=1S/C26H32N2O/c29-25-24-14-8-7-11-22(24)19-26(25,23-12-5-2-6-13-23)28-17-15-27(16-18-28)20-21-9-3-1-4-10-21/h2,5-8,11-14,21H,1,3-4,9-10,15-20H2. The first-order chi connectivity index (χ1) is 14.3. The molecule has 2 aromatic rings. The number of carbonyl (C=O) groups is 1. The molecule has 5 rings (SSSR count). The number of hydrogen-bond acceptors (Lipinski definition) is 3. The van der Waals surface area contributed by atoms with Gasteiger partial charge in [-0.3, -0.25) is 9.69 Å². The Balaban J connectivity index is 1.37. The van der Waals surface area contributed by atoms with E-state index in [0.717, 1.165) is 49.6 Å². The van der Waals surface area contributed by atoms with Gasteiger partial charge in [-0.2, -0.15) is 0 Å². The second kappa shape index (κ2) is 8.04. The molecule has 0 spiro atoms. The number of hydrogen-bond donors (Lipinski definition) is 0. The molecule has 0 amide bonds. The van der Waals surface area contributed by atoms with Crippen LogP contribution in [-0.4, -0.2) is 48.3 Å². The molecule has 0 aromatic heterocycles. The number of piperazine rings is 1. The van der Waals surface area contributed by atoms with Gasteiger partial charge in [0.25, 0.3) is 0 Å². The molecule has 2 aromatic carbocycles. The molecule has 1 saturated carbocycles. The third kappa shape index (κ3) is 3.45. The average molecular weight is 389 g/mol. The van der Waals surface area contributed by atoms with Gasteiger partial charge in [0.2, 0.25) is 0 Å². The van der Waals surface area contributed by atoms with Crippen molar-refractivity contribution in [3.05, 3.63) is 71.3 Å². The van der Waals surface area contributed by atoms with Crippen molar-refractivity contribution in [1.29, 1.82) is 0 Å². The van der Waals surface area contributed by atoms with E-state index in [-0.39, 0.29) is 0 Å². The first-order valence-corrected chi connectivity index (χ1v) is 11.4. The molecule has 2 fully saturated rings. The number of ketones is 1. The summed E-state index contributed by atoms with van der Waals surface area (Å²) in [5.74, 6) is 1.18. The fourth-order valence-electron chi connectivity index (χ4n) is 5.91. The lowest BCUT2D eigenvalue weighted by atomic mass is 9.83. The molecule has 1 aliphatic heterocycles. The Hall–Kier alpha value is -1.97. The van der Waals surface area contributed by atoms with E-state index in [1.54, 1.807) is 0 Å². The van der Waals surface area contributed by atoms with Crippen molar-refractivity contribution < 1.29 is 4.79 Å². The highest BCUT2D eigenvalue weighted by atomic mass is 16.1. The molecular weight excluding hydrogens is 356 g/mol. The van der Waals surface area contributed by atoms with Crippen LogP contribution in [0.3, 0.4) is 0 Å². The Kier molecular flexibility index (Phi) is 5.28. The fraction of sp³-hybridized carbons (Fsp3) is 0.500. The lowest BCUT2D eigenvalue weighted by molar-refractivity contribution is 0.0258. The van der Waals surface area contributed by atoms with Crippen LogP contribution in [-0.2, 0) is 12.0 Å². The number of carbonyl (C=O) groups excluding carboxylic acids is 1. The highest BCUT2D eigenvalue weighted by molar-refractivity contribution is 6.08. The van der Waals surface area contributed by atoms with Crippen molar-refractivity contribution >= 4 is 5.78 Å². The van der Waals surface area contributed by atoms with Gasteiger partial charge in [-0.15, -0.1) is 0 Å². The second-order valence-electron chi connectivity index (χ2n) is 9.18. The smallest absolute Gasteiger partial charge is 0.188 e. The Labute approximate surface area is 174 Å². The molecule has 3 heteroatoms. The second-order valence-corrected chi connectivity index (χ2v) is 9.18.